The molecule has 1 fully saturated rings. The molecule has 190 valence electrons. The second-order valence-electron chi connectivity index (χ2n) is 7.93. The Morgan fingerprint density at radius 2 is 1.91 bits per heavy atom. The number of nitrogens with zero attached hydrogens (tertiary/aromatic N) is 2. The van der Waals surface area contributed by atoms with Gasteiger partial charge in [-0.15, -0.1) is 0 Å². The molecule has 0 saturated carbocycles. The van der Waals surface area contributed by atoms with Crippen LogP contribution >= 0.6 is 0 Å². The van der Waals surface area contributed by atoms with E-state index in [9.17, 15) is 36.9 Å². The van der Waals surface area contributed by atoms with Gasteiger partial charge in [-0.3, -0.25) is 14.9 Å². The number of methoxy groups -OCH3 is 2. The van der Waals surface area contributed by atoms with E-state index < -0.39 is 69.3 Å². The molecule has 4 atom stereocenters. The maximum absolute atomic E-state index is 14.4. The third kappa shape index (κ3) is 4.45. The number of nitro groups is 1. The number of hydrogen-bond donors (Lipinski definition) is 1. The van der Waals surface area contributed by atoms with Crippen LogP contribution in [0.3, 0.4) is 0 Å². The third-order valence-corrected chi connectivity index (χ3v) is 6.09. The molecule has 2 heterocycles. The Balaban J connectivity index is 2.13. The number of hydrogen-bond acceptors (Lipinski definition) is 7. The zero-order chi connectivity index (χ0) is 26.3. The zero-order valence-corrected chi connectivity index (χ0v) is 18.8. The summed E-state index contributed by atoms with van der Waals surface area (Å²) in [6.07, 6.45) is -6.09. The first-order chi connectivity index (χ1) is 16.3. The molecule has 0 unspecified atom stereocenters. The van der Waals surface area contributed by atoms with Gasteiger partial charge in [0.1, 0.15) is 18.0 Å². The first kappa shape index (κ1) is 26.1. The molecule has 1 aliphatic heterocycles. The van der Waals surface area contributed by atoms with Gasteiger partial charge in [0.25, 0.3) is 5.91 Å². The quantitative estimate of drug-likeness (QED) is 0.353. The van der Waals surface area contributed by atoms with E-state index in [4.69, 9.17) is 14.2 Å². The molecule has 14 heteroatoms. The molecule has 1 amide bonds. The summed E-state index contributed by atoms with van der Waals surface area (Å²) in [5.74, 6) is -7.73. The first-order valence-electron chi connectivity index (χ1n) is 10.0. The van der Waals surface area contributed by atoms with E-state index in [0.29, 0.717) is 6.07 Å². The lowest BCUT2D eigenvalue weighted by Gasteiger charge is -2.32. The van der Waals surface area contributed by atoms with Gasteiger partial charge in [0.05, 0.1) is 19.1 Å². The highest BCUT2D eigenvalue weighted by atomic mass is 19.4. The fraction of sp³-hybridized carbons (Fsp3) is 0.429. The van der Waals surface area contributed by atoms with Gasteiger partial charge >= 0.3 is 11.9 Å². The molecule has 0 aliphatic carbocycles. The summed E-state index contributed by atoms with van der Waals surface area (Å²) in [7, 11) is 2.20. The maximum Gasteiger partial charge on any atom is 0.417 e. The van der Waals surface area contributed by atoms with Crippen LogP contribution in [0.2, 0.25) is 0 Å². The highest BCUT2D eigenvalue weighted by Gasteiger charge is 2.66. The molecule has 35 heavy (non-hydrogen) atoms. The van der Waals surface area contributed by atoms with Gasteiger partial charge in [-0.2, -0.15) is 17.6 Å². The molecule has 2 aromatic rings. The van der Waals surface area contributed by atoms with Crippen LogP contribution < -0.4 is 14.8 Å². The molecule has 3 rings (SSSR count). The van der Waals surface area contributed by atoms with Crippen LogP contribution in [0.5, 0.6) is 11.6 Å². The van der Waals surface area contributed by atoms with Gasteiger partial charge in [0.2, 0.25) is 11.7 Å². The van der Waals surface area contributed by atoms with Crippen molar-refractivity contribution in [3.8, 4) is 11.6 Å². The Morgan fingerprint density at radius 3 is 2.46 bits per heavy atom. The molecule has 1 aromatic carbocycles. The number of ether oxygens (including phenoxy) is 3. The topological polar surface area (TPSA) is 113 Å². The summed E-state index contributed by atoms with van der Waals surface area (Å²) in [6.45, 7) is 1.87. The normalized spacial score (nSPS) is 24.2. The zero-order valence-electron chi connectivity index (χ0n) is 18.8. The van der Waals surface area contributed by atoms with Gasteiger partial charge in [0.15, 0.2) is 17.2 Å². The molecule has 0 radical (unpaired) electrons. The van der Waals surface area contributed by atoms with E-state index in [-0.39, 0.29) is 11.4 Å². The first-order valence-corrected chi connectivity index (χ1v) is 10.0. The number of amides is 1. The number of halogens is 5. The van der Waals surface area contributed by atoms with Gasteiger partial charge < -0.3 is 19.5 Å². The number of alkyl halides is 3. The standard InChI is InChI=1S/C21H20F5N3O6/c1-9-15(10-5-6-11(22)16(23)17(10)34-4)18(35-20(9,2)21(24,25)26)19(30)28-12-7-14(33-3)27-8-13(12)29(31)32/h5-9,15,18H,1-4H3,(H,27,28,30)/t9-,15-,18+,20+/m0/s1. The predicted molar refractivity (Wildman–Crippen MR) is 110 cm³/mol. The van der Waals surface area contributed by atoms with Crippen molar-refractivity contribution in [2.24, 2.45) is 5.92 Å². The summed E-state index contributed by atoms with van der Waals surface area (Å²) < 4.78 is 85.2. The van der Waals surface area contributed by atoms with E-state index in [1.807, 2.05) is 0 Å². The minimum Gasteiger partial charge on any atom is -0.493 e. The van der Waals surface area contributed by atoms with E-state index in [1.165, 1.54) is 7.11 Å². The van der Waals surface area contributed by atoms with Crippen molar-refractivity contribution in [3.63, 3.8) is 0 Å². The predicted octanol–water partition coefficient (Wildman–Crippen LogP) is 4.36. The Morgan fingerprint density at radius 1 is 1.26 bits per heavy atom. The van der Waals surface area contributed by atoms with Crippen LogP contribution in [0.15, 0.2) is 24.4 Å². The molecule has 1 aliphatic rings. The molecule has 1 aromatic heterocycles. The molecular formula is C21H20F5N3O6. The van der Waals surface area contributed by atoms with Crippen LogP contribution in [-0.4, -0.2) is 47.9 Å². The number of nitrogens with one attached hydrogen (secondary N) is 1. The lowest BCUT2D eigenvalue weighted by atomic mass is 9.77. The van der Waals surface area contributed by atoms with Crippen molar-refractivity contribution >= 4 is 17.3 Å². The van der Waals surface area contributed by atoms with Gasteiger partial charge in [0, 0.05) is 23.5 Å². The number of pyridine rings is 1. The minimum atomic E-state index is -4.96. The average Bonchev–Trinajstić information content (AvgIpc) is 3.07. The van der Waals surface area contributed by atoms with E-state index in [0.717, 1.165) is 39.3 Å². The van der Waals surface area contributed by atoms with Crippen molar-refractivity contribution in [2.45, 2.75) is 37.6 Å². The number of carbonyl (C=O) groups excluding carboxylic acids is 1. The number of aromatic nitrogens is 1. The Labute approximate surface area is 195 Å². The summed E-state index contributed by atoms with van der Waals surface area (Å²) in [5, 5.41) is 13.5. The molecule has 0 bridgehead atoms. The SMILES string of the molecule is COc1cc(NC(=O)[C@@H]2O[C@@](C)(C(F)(F)F)[C@@H](C)[C@H]2c2ccc(F)c(F)c2OC)c([N+](=O)[O-])cn1. The summed E-state index contributed by atoms with van der Waals surface area (Å²) in [5.41, 5.74) is -4.20. The summed E-state index contributed by atoms with van der Waals surface area (Å²) >= 11 is 0. The van der Waals surface area contributed by atoms with Gasteiger partial charge in [-0.1, -0.05) is 13.0 Å². The summed E-state index contributed by atoms with van der Waals surface area (Å²) in [4.78, 5) is 27.3. The van der Waals surface area contributed by atoms with Crippen LogP contribution in [0.1, 0.15) is 25.3 Å². The van der Waals surface area contributed by atoms with E-state index in [1.54, 1.807) is 0 Å². The highest BCUT2D eigenvalue weighted by Crippen LogP contribution is 2.55. The molecular weight excluding hydrogens is 485 g/mol. The number of rotatable bonds is 6. The second-order valence-corrected chi connectivity index (χ2v) is 7.93. The van der Waals surface area contributed by atoms with Gasteiger partial charge in [-0.05, 0) is 13.0 Å². The third-order valence-electron chi connectivity index (χ3n) is 6.09. The van der Waals surface area contributed by atoms with Crippen LogP contribution in [0.4, 0.5) is 33.3 Å². The molecule has 9 nitrogen and oxygen atoms in total. The lowest BCUT2D eigenvalue weighted by Crippen LogP contribution is -2.47. The van der Waals surface area contributed by atoms with Gasteiger partial charge in [-0.25, -0.2) is 9.37 Å². The van der Waals surface area contributed by atoms with Crippen LogP contribution in [0, 0.1) is 27.7 Å². The molecule has 1 saturated heterocycles. The molecule has 0 spiro atoms. The maximum atomic E-state index is 14.4. The van der Waals surface area contributed by atoms with Crippen molar-refractivity contribution in [3.05, 3.63) is 51.7 Å². The van der Waals surface area contributed by atoms with Crippen molar-refractivity contribution in [1.82, 2.24) is 4.98 Å². The van der Waals surface area contributed by atoms with Crippen LogP contribution in [-0.2, 0) is 9.53 Å². The van der Waals surface area contributed by atoms with Crippen molar-refractivity contribution < 1.29 is 45.9 Å². The number of benzene rings is 1. The summed E-state index contributed by atoms with van der Waals surface area (Å²) in [6, 6.07) is 2.70. The minimum absolute atomic E-state index is 0.120. The smallest absolute Gasteiger partial charge is 0.417 e. The Hall–Kier alpha value is -3.55. The van der Waals surface area contributed by atoms with Crippen LogP contribution in [0.25, 0.3) is 0 Å². The fourth-order valence-corrected chi connectivity index (χ4v) is 4.03. The largest absolute Gasteiger partial charge is 0.493 e. The average molecular weight is 505 g/mol. The monoisotopic (exact) mass is 505 g/mol. The van der Waals surface area contributed by atoms with E-state index in [2.05, 4.69) is 10.3 Å². The fourth-order valence-electron chi connectivity index (χ4n) is 4.03. The highest BCUT2D eigenvalue weighted by molar-refractivity contribution is 5.97. The van der Waals surface area contributed by atoms with Crippen molar-refractivity contribution in [1.29, 1.82) is 0 Å². The lowest BCUT2D eigenvalue weighted by molar-refractivity contribution is -0.384. The van der Waals surface area contributed by atoms with E-state index >= 15 is 0 Å². The molecule has 1 N–H and O–H groups in total. The Bertz CT molecular complexity index is 1160. The Kier molecular flexibility index (Phi) is 6.88. The van der Waals surface area contributed by atoms with Crippen molar-refractivity contribution in [2.75, 3.05) is 19.5 Å². The second kappa shape index (κ2) is 9.24. The number of carbonyl (C=O) groups is 1. The number of anilines is 1.